The van der Waals surface area contributed by atoms with E-state index in [2.05, 4.69) is 56.3 Å². The Hall–Kier alpha value is -3.59. The smallest absolute Gasteiger partial charge is 0.203 e. The molecule has 190 valence electrons. The molecule has 36 heavy (non-hydrogen) atoms. The van der Waals surface area contributed by atoms with Gasteiger partial charge in [-0.05, 0) is 59.0 Å². The van der Waals surface area contributed by atoms with Gasteiger partial charge in [-0.25, -0.2) is 4.68 Å². The normalized spacial score (nSPS) is 15.2. The van der Waals surface area contributed by atoms with Crippen molar-refractivity contribution >= 4 is 10.9 Å². The molecular formula is C27H34N6O3. The molecule has 9 nitrogen and oxygen atoms in total. The fourth-order valence-electron chi connectivity index (χ4n) is 5.46. The number of H-pyrrole nitrogens is 1. The average Bonchev–Trinajstić information content (AvgIpc) is 3.56. The van der Waals surface area contributed by atoms with Crippen molar-refractivity contribution in [1.82, 2.24) is 30.5 Å². The van der Waals surface area contributed by atoms with Crippen molar-refractivity contribution in [3.8, 4) is 17.2 Å². The summed E-state index contributed by atoms with van der Waals surface area (Å²) >= 11 is 0. The predicted molar refractivity (Wildman–Crippen MR) is 138 cm³/mol. The number of benzene rings is 2. The van der Waals surface area contributed by atoms with Gasteiger partial charge in [-0.15, -0.1) is 5.10 Å². The van der Waals surface area contributed by atoms with Gasteiger partial charge in [0.15, 0.2) is 17.3 Å². The summed E-state index contributed by atoms with van der Waals surface area (Å²) in [6.07, 6.45) is 8.61. The number of ether oxygens (including phenoxy) is 3. The lowest BCUT2D eigenvalue weighted by Crippen LogP contribution is -2.47. The number of methoxy groups -OCH3 is 3. The van der Waals surface area contributed by atoms with E-state index in [4.69, 9.17) is 14.2 Å². The van der Waals surface area contributed by atoms with E-state index in [9.17, 15) is 0 Å². The van der Waals surface area contributed by atoms with E-state index in [1.165, 1.54) is 22.9 Å². The lowest BCUT2D eigenvalue weighted by molar-refractivity contribution is 0.213. The van der Waals surface area contributed by atoms with Crippen molar-refractivity contribution in [1.29, 1.82) is 0 Å². The SMILES string of the molecule is COc1cc(Cn2nnnc2C2(NCCc3c[nH]c4ccccc34)CCCCC2)cc(OC)c1OC. The van der Waals surface area contributed by atoms with Crippen LogP contribution in [0.5, 0.6) is 17.2 Å². The van der Waals surface area contributed by atoms with Crippen molar-refractivity contribution in [2.75, 3.05) is 27.9 Å². The topological polar surface area (TPSA) is 99.1 Å². The highest BCUT2D eigenvalue weighted by atomic mass is 16.5. The van der Waals surface area contributed by atoms with Gasteiger partial charge < -0.3 is 24.5 Å². The molecule has 2 aromatic carbocycles. The molecule has 0 radical (unpaired) electrons. The molecule has 1 saturated carbocycles. The molecule has 4 aromatic rings. The number of fused-ring (bicyclic) bond motifs is 1. The van der Waals surface area contributed by atoms with Crippen LogP contribution in [0.25, 0.3) is 10.9 Å². The van der Waals surface area contributed by atoms with Crippen LogP contribution < -0.4 is 19.5 Å². The minimum absolute atomic E-state index is 0.255. The van der Waals surface area contributed by atoms with Crippen LogP contribution in [0.1, 0.15) is 49.1 Å². The minimum atomic E-state index is -0.255. The molecule has 1 aliphatic carbocycles. The zero-order valence-corrected chi connectivity index (χ0v) is 21.2. The van der Waals surface area contributed by atoms with E-state index in [1.54, 1.807) is 21.3 Å². The summed E-state index contributed by atoms with van der Waals surface area (Å²) in [6.45, 7) is 1.35. The van der Waals surface area contributed by atoms with Crippen molar-refractivity contribution < 1.29 is 14.2 Å². The minimum Gasteiger partial charge on any atom is -0.493 e. The van der Waals surface area contributed by atoms with Crippen molar-refractivity contribution in [3.63, 3.8) is 0 Å². The van der Waals surface area contributed by atoms with Gasteiger partial charge >= 0.3 is 0 Å². The number of aromatic nitrogens is 5. The Balaban J connectivity index is 1.39. The molecule has 0 amide bonds. The Bertz CT molecular complexity index is 1280. The van der Waals surface area contributed by atoms with Crippen LogP contribution in [-0.4, -0.2) is 53.1 Å². The van der Waals surface area contributed by atoms with Gasteiger partial charge in [0.25, 0.3) is 0 Å². The maximum Gasteiger partial charge on any atom is 0.203 e. The molecule has 0 spiro atoms. The third-order valence-corrected chi connectivity index (χ3v) is 7.26. The van der Waals surface area contributed by atoms with Crippen LogP contribution in [0, 0.1) is 0 Å². The third kappa shape index (κ3) is 4.63. The third-order valence-electron chi connectivity index (χ3n) is 7.26. The van der Waals surface area contributed by atoms with Crippen LogP contribution >= 0.6 is 0 Å². The quantitative estimate of drug-likeness (QED) is 0.343. The zero-order chi connectivity index (χ0) is 25.0. The first-order valence-electron chi connectivity index (χ1n) is 12.5. The largest absolute Gasteiger partial charge is 0.493 e. The second kappa shape index (κ2) is 10.6. The molecule has 0 aliphatic heterocycles. The highest BCUT2D eigenvalue weighted by Crippen LogP contribution is 2.39. The number of nitrogens with zero attached hydrogens (tertiary/aromatic N) is 4. The van der Waals surface area contributed by atoms with Crippen LogP contribution in [0.4, 0.5) is 0 Å². The van der Waals surface area contributed by atoms with E-state index in [0.717, 1.165) is 50.0 Å². The Kier molecular flexibility index (Phi) is 7.09. The summed E-state index contributed by atoms with van der Waals surface area (Å²) in [6, 6.07) is 12.3. The van der Waals surface area contributed by atoms with Crippen LogP contribution in [0.2, 0.25) is 0 Å². The van der Waals surface area contributed by atoms with Crippen molar-refractivity contribution in [3.05, 3.63) is 59.5 Å². The fraction of sp³-hybridized carbons (Fsp3) is 0.444. The van der Waals surface area contributed by atoms with E-state index in [-0.39, 0.29) is 5.54 Å². The number of para-hydroxylation sites is 1. The van der Waals surface area contributed by atoms with Gasteiger partial charge in [0.1, 0.15) is 0 Å². The molecule has 0 saturated heterocycles. The molecule has 5 rings (SSSR count). The van der Waals surface area contributed by atoms with E-state index in [1.807, 2.05) is 16.8 Å². The fourth-order valence-corrected chi connectivity index (χ4v) is 5.46. The van der Waals surface area contributed by atoms with Crippen LogP contribution in [-0.2, 0) is 18.5 Å². The van der Waals surface area contributed by atoms with Gasteiger partial charge in [-0.3, -0.25) is 0 Å². The summed E-state index contributed by atoms with van der Waals surface area (Å²) in [5.41, 5.74) is 3.21. The van der Waals surface area contributed by atoms with E-state index in [0.29, 0.717) is 23.8 Å². The van der Waals surface area contributed by atoms with Gasteiger partial charge in [0.2, 0.25) is 5.75 Å². The first kappa shape index (κ1) is 24.1. The monoisotopic (exact) mass is 490 g/mol. The summed E-state index contributed by atoms with van der Waals surface area (Å²) in [5.74, 6) is 2.69. The van der Waals surface area contributed by atoms with Gasteiger partial charge in [-0.2, -0.15) is 0 Å². The Morgan fingerprint density at radius 3 is 2.47 bits per heavy atom. The maximum atomic E-state index is 5.54. The standard InChI is InChI=1S/C27H34N6O3/c1-34-23-15-19(16-24(35-2)25(23)36-3)18-33-26(30-31-32-33)27(12-7-4-8-13-27)29-14-11-20-17-28-22-10-6-5-9-21(20)22/h5-6,9-10,15-17,28-29H,4,7-8,11-14,18H2,1-3H3. The van der Waals surface area contributed by atoms with Gasteiger partial charge in [0.05, 0.1) is 33.4 Å². The average molecular weight is 491 g/mol. The first-order valence-corrected chi connectivity index (χ1v) is 12.5. The summed E-state index contributed by atoms with van der Waals surface area (Å²) in [5, 5.41) is 18.2. The highest BCUT2D eigenvalue weighted by Gasteiger charge is 2.38. The molecule has 2 aromatic heterocycles. The number of nitrogens with one attached hydrogen (secondary N) is 2. The number of tetrazole rings is 1. The number of hydrogen-bond acceptors (Lipinski definition) is 7. The summed E-state index contributed by atoms with van der Waals surface area (Å²) in [4.78, 5) is 3.38. The molecule has 0 bridgehead atoms. The molecule has 0 atom stereocenters. The first-order chi connectivity index (χ1) is 17.7. The van der Waals surface area contributed by atoms with Gasteiger partial charge in [0, 0.05) is 23.6 Å². The van der Waals surface area contributed by atoms with Gasteiger partial charge in [-0.1, -0.05) is 37.5 Å². The van der Waals surface area contributed by atoms with Crippen molar-refractivity contribution in [2.24, 2.45) is 0 Å². The molecule has 2 heterocycles. The second-order valence-corrected chi connectivity index (χ2v) is 9.37. The number of hydrogen-bond donors (Lipinski definition) is 2. The summed E-state index contributed by atoms with van der Waals surface area (Å²) in [7, 11) is 4.85. The summed E-state index contributed by atoms with van der Waals surface area (Å²) < 4.78 is 18.5. The second-order valence-electron chi connectivity index (χ2n) is 9.37. The maximum absolute atomic E-state index is 5.54. The molecule has 1 fully saturated rings. The molecular weight excluding hydrogens is 456 g/mol. The van der Waals surface area contributed by atoms with E-state index >= 15 is 0 Å². The Morgan fingerprint density at radius 2 is 1.75 bits per heavy atom. The number of rotatable bonds is 10. The van der Waals surface area contributed by atoms with Crippen molar-refractivity contribution in [2.45, 2.75) is 50.6 Å². The Morgan fingerprint density at radius 1 is 1.00 bits per heavy atom. The number of aromatic amines is 1. The zero-order valence-electron chi connectivity index (χ0n) is 21.2. The lowest BCUT2D eigenvalue weighted by Gasteiger charge is -2.37. The molecule has 9 heteroatoms. The highest BCUT2D eigenvalue weighted by molar-refractivity contribution is 5.83. The predicted octanol–water partition coefficient (Wildman–Crippen LogP) is 4.22. The molecule has 2 N–H and O–H groups in total. The molecule has 0 unspecified atom stereocenters. The lowest BCUT2D eigenvalue weighted by atomic mass is 9.80. The van der Waals surface area contributed by atoms with E-state index < -0.39 is 0 Å². The Labute approximate surface area is 211 Å². The molecule has 1 aliphatic rings. The van der Waals surface area contributed by atoms with Crippen LogP contribution in [0.3, 0.4) is 0 Å². The van der Waals surface area contributed by atoms with Crippen LogP contribution in [0.15, 0.2) is 42.6 Å².